The number of pyridine rings is 1. The zero-order valence-electron chi connectivity index (χ0n) is 14.7. The lowest BCUT2D eigenvalue weighted by Gasteiger charge is -2.26. The van der Waals surface area contributed by atoms with Gasteiger partial charge in [-0.05, 0) is 68.2 Å². The Hall–Kier alpha value is -1.39. The molecule has 1 saturated carbocycles. The molecule has 1 aromatic heterocycles. The van der Waals surface area contributed by atoms with E-state index in [1.165, 1.54) is 5.56 Å². The average Bonchev–Trinajstić information content (AvgIpc) is 2.65. The average molecular weight is 343 g/mol. The van der Waals surface area contributed by atoms with Gasteiger partial charge in [0.2, 0.25) is 0 Å². The second kappa shape index (κ2) is 7.66. The Morgan fingerprint density at radius 2 is 2.00 bits per heavy atom. The van der Waals surface area contributed by atoms with E-state index >= 15 is 0 Å². The van der Waals surface area contributed by atoms with Gasteiger partial charge in [0.05, 0.1) is 16.6 Å². The summed E-state index contributed by atoms with van der Waals surface area (Å²) < 4.78 is 5.41. The molecule has 1 aliphatic rings. The molecule has 0 atom stereocenters. The van der Waals surface area contributed by atoms with Gasteiger partial charge >= 0.3 is 0 Å². The highest BCUT2D eigenvalue weighted by Gasteiger charge is 2.27. The Morgan fingerprint density at radius 3 is 2.62 bits per heavy atom. The third-order valence-electron chi connectivity index (χ3n) is 5.09. The summed E-state index contributed by atoms with van der Waals surface area (Å²) in [6.45, 7) is 2.14. The van der Waals surface area contributed by atoms with Crippen LogP contribution in [0.4, 0.5) is 0 Å². The first-order valence-electron chi connectivity index (χ1n) is 8.71. The topological polar surface area (TPSA) is 39.2 Å². The first-order valence-corrected chi connectivity index (χ1v) is 9.93. The summed E-state index contributed by atoms with van der Waals surface area (Å²) in [5.74, 6) is 0.413. The molecule has 24 heavy (non-hydrogen) atoms. The van der Waals surface area contributed by atoms with Crippen molar-refractivity contribution in [1.82, 2.24) is 4.98 Å². The van der Waals surface area contributed by atoms with E-state index in [-0.39, 0.29) is 11.7 Å². The van der Waals surface area contributed by atoms with Crippen LogP contribution < -0.4 is 0 Å². The summed E-state index contributed by atoms with van der Waals surface area (Å²) in [6.07, 6.45) is 7.17. The maximum Gasteiger partial charge on any atom is 0.165 e. The third-order valence-corrected chi connectivity index (χ3v) is 5.83. The van der Waals surface area contributed by atoms with Crippen molar-refractivity contribution in [3.63, 3.8) is 0 Å². The van der Waals surface area contributed by atoms with Crippen LogP contribution in [0, 0.1) is 5.92 Å². The number of aryl methyl sites for hydroxylation is 1. The maximum absolute atomic E-state index is 12.9. The fourth-order valence-corrected chi connectivity index (χ4v) is 4.24. The number of ketones is 1. The molecule has 0 spiro atoms. The van der Waals surface area contributed by atoms with Gasteiger partial charge in [-0.25, -0.2) is 4.98 Å². The second-order valence-corrected chi connectivity index (χ2v) is 7.29. The molecule has 3 nitrogen and oxygen atoms in total. The number of methoxy groups -OCH3 is 1. The Balaban J connectivity index is 1.86. The van der Waals surface area contributed by atoms with Gasteiger partial charge in [0.25, 0.3) is 0 Å². The van der Waals surface area contributed by atoms with Gasteiger partial charge in [-0.3, -0.25) is 4.79 Å². The highest BCUT2D eigenvalue weighted by atomic mass is 32.2. The zero-order valence-corrected chi connectivity index (χ0v) is 15.5. The van der Waals surface area contributed by atoms with Crippen molar-refractivity contribution in [2.45, 2.75) is 50.2 Å². The molecule has 0 saturated heterocycles. The molecule has 1 aromatic carbocycles. The SMILES string of the molecule is CCc1cc2cc(C(=O)C3CCC(OC)CC3)ccc2nc1SC. The Labute approximate surface area is 148 Å². The first-order chi connectivity index (χ1) is 11.7. The van der Waals surface area contributed by atoms with E-state index in [2.05, 4.69) is 19.2 Å². The van der Waals surface area contributed by atoms with Crippen LogP contribution in [0.15, 0.2) is 29.3 Å². The standard InChI is InChI=1S/C20H25NO2S/c1-4-13-11-16-12-15(7-10-18(16)21-20(13)24-3)19(22)14-5-8-17(23-2)9-6-14/h7,10-12,14,17H,4-6,8-9H2,1-3H3. The van der Waals surface area contributed by atoms with E-state index in [0.717, 1.165) is 53.6 Å². The molecule has 0 bridgehead atoms. The van der Waals surface area contributed by atoms with Gasteiger partial charge in [-0.15, -0.1) is 11.8 Å². The molecule has 0 N–H and O–H groups in total. The molecule has 0 amide bonds. The maximum atomic E-state index is 12.9. The molecular weight excluding hydrogens is 318 g/mol. The number of thioether (sulfide) groups is 1. The molecule has 4 heteroatoms. The summed E-state index contributed by atoms with van der Waals surface area (Å²) in [6, 6.07) is 8.14. The van der Waals surface area contributed by atoms with Crippen molar-refractivity contribution < 1.29 is 9.53 Å². The number of rotatable bonds is 5. The summed E-state index contributed by atoms with van der Waals surface area (Å²) in [5, 5.41) is 2.16. The predicted molar refractivity (Wildman–Crippen MR) is 100.0 cm³/mol. The van der Waals surface area contributed by atoms with Gasteiger partial charge in [0.15, 0.2) is 5.78 Å². The number of nitrogens with zero attached hydrogens (tertiary/aromatic N) is 1. The monoisotopic (exact) mass is 343 g/mol. The van der Waals surface area contributed by atoms with Gasteiger partial charge in [0, 0.05) is 24.0 Å². The molecule has 2 aromatic rings. The zero-order chi connectivity index (χ0) is 17.1. The van der Waals surface area contributed by atoms with Gasteiger partial charge in [0.1, 0.15) is 0 Å². The van der Waals surface area contributed by atoms with Crippen molar-refractivity contribution in [3.8, 4) is 0 Å². The molecule has 128 valence electrons. The van der Waals surface area contributed by atoms with Crippen molar-refractivity contribution in [2.75, 3.05) is 13.4 Å². The number of benzene rings is 1. The summed E-state index contributed by atoms with van der Waals surface area (Å²) in [7, 11) is 1.76. The minimum Gasteiger partial charge on any atom is -0.381 e. The van der Waals surface area contributed by atoms with Crippen molar-refractivity contribution in [3.05, 3.63) is 35.4 Å². The number of ether oxygens (including phenoxy) is 1. The molecule has 0 unspecified atom stereocenters. The van der Waals surface area contributed by atoms with Crippen LogP contribution in [-0.2, 0) is 11.2 Å². The van der Waals surface area contributed by atoms with Crippen LogP contribution in [0.25, 0.3) is 10.9 Å². The normalized spacial score (nSPS) is 21.1. The van der Waals surface area contributed by atoms with E-state index < -0.39 is 0 Å². The second-order valence-electron chi connectivity index (χ2n) is 6.49. The molecule has 1 fully saturated rings. The number of hydrogen-bond acceptors (Lipinski definition) is 4. The van der Waals surface area contributed by atoms with Crippen LogP contribution >= 0.6 is 11.8 Å². The van der Waals surface area contributed by atoms with E-state index in [0.29, 0.717) is 6.10 Å². The smallest absolute Gasteiger partial charge is 0.165 e. The summed E-state index contributed by atoms with van der Waals surface area (Å²) in [4.78, 5) is 17.6. The van der Waals surface area contributed by atoms with Gasteiger partial charge in [-0.2, -0.15) is 0 Å². The van der Waals surface area contributed by atoms with Gasteiger partial charge < -0.3 is 4.74 Å². The van der Waals surface area contributed by atoms with Crippen LogP contribution in [0.5, 0.6) is 0 Å². The highest BCUT2D eigenvalue weighted by molar-refractivity contribution is 7.98. The predicted octanol–water partition coefficient (Wildman–Crippen LogP) is 4.91. The number of Topliss-reactive ketones (excluding diaryl/α,β-unsaturated/α-hetero) is 1. The molecule has 3 rings (SSSR count). The lowest BCUT2D eigenvalue weighted by atomic mass is 9.82. The molecule has 0 aliphatic heterocycles. The van der Waals surface area contributed by atoms with Crippen LogP contribution in [0.2, 0.25) is 0 Å². The number of aromatic nitrogens is 1. The molecule has 1 aliphatic carbocycles. The molecule has 0 radical (unpaired) electrons. The van der Waals surface area contributed by atoms with E-state index in [1.807, 2.05) is 18.2 Å². The Kier molecular flexibility index (Phi) is 5.57. The highest BCUT2D eigenvalue weighted by Crippen LogP contribution is 2.30. The lowest BCUT2D eigenvalue weighted by molar-refractivity contribution is 0.0519. The van der Waals surface area contributed by atoms with Crippen molar-refractivity contribution >= 4 is 28.4 Å². The van der Waals surface area contributed by atoms with Gasteiger partial charge in [-0.1, -0.05) is 6.92 Å². The summed E-state index contributed by atoms with van der Waals surface area (Å²) >= 11 is 1.68. The Morgan fingerprint density at radius 1 is 1.25 bits per heavy atom. The number of carbonyl (C=O) groups excluding carboxylic acids is 1. The van der Waals surface area contributed by atoms with E-state index in [9.17, 15) is 4.79 Å². The Bertz CT molecular complexity index is 736. The minimum absolute atomic E-state index is 0.137. The molecule has 1 heterocycles. The molecular formula is C20H25NO2S. The quantitative estimate of drug-likeness (QED) is 0.571. The van der Waals surface area contributed by atoms with E-state index in [4.69, 9.17) is 9.72 Å². The number of hydrogen-bond donors (Lipinski definition) is 0. The van der Waals surface area contributed by atoms with E-state index in [1.54, 1.807) is 18.9 Å². The minimum atomic E-state index is 0.137. The van der Waals surface area contributed by atoms with Crippen LogP contribution in [0.1, 0.15) is 48.5 Å². The fourth-order valence-electron chi connectivity index (χ4n) is 3.58. The van der Waals surface area contributed by atoms with Crippen molar-refractivity contribution in [1.29, 1.82) is 0 Å². The van der Waals surface area contributed by atoms with Crippen LogP contribution in [-0.4, -0.2) is 30.2 Å². The largest absolute Gasteiger partial charge is 0.381 e. The van der Waals surface area contributed by atoms with Crippen LogP contribution in [0.3, 0.4) is 0 Å². The lowest BCUT2D eigenvalue weighted by Crippen LogP contribution is -2.25. The summed E-state index contributed by atoms with van der Waals surface area (Å²) in [5.41, 5.74) is 3.04. The van der Waals surface area contributed by atoms with Crippen molar-refractivity contribution in [2.24, 2.45) is 5.92 Å². The fraction of sp³-hybridized carbons (Fsp3) is 0.500. The number of fused-ring (bicyclic) bond motifs is 1. The first kappa shape index (κ1) is 17.4. The number of carbonyl (C=O) groups is 1. The third kappa shape index (κ3) is 3.50.